The van der Waals surface area contributed by atoms with Crippen LogP contribution in [0.15, 0.2) is 40.2 Å². The molecule has 2 aromatic heterocycles. The second-order valence-corrected chi connectivity index (χ2v) is 5.45. The van der Waals surface area contributed by atoms with Gasteiger partial charge in [0.1, 0.15) is 5.75 Å². The molecule has 2 heterocycles. The highest BCUT2D eigenvalue weighted by Crippen LogP contribution is 2.37. The first-order valence-electron chi connectivity index (χ1n) is 7.44. The van der Waals surface area contributed by atoms with E-state index in [9.17, 15) is 4.79 Å². The molecule has 6 heteroatoms. The summed E-state index contributed by atoms with van der Waals surface area (Å²) in [6, 6.07) is 7.08. The molecule has 0 saturated carbocycles. The van der Waals surface area contributed by atoms with Crippen LogP contribution in [-0.2, 0) is 0 Å². The second-order valence-electron chi connectivity index (χ2n) is 5.45. The van der Waals surface area contributed by atoms with E-state index in [1.807, 2.05) is 19.1 Å². The molecular formula is C18H18N4O2. The second kappa shape index (κ2) is 6.16. The van der Waals surface area contributed by atoms with Gasteiger partial charge in [-0.05, 0) is 25.1 Å². The van der Waals surface area contributed by atoms with Gasteiger partial charge in [-0.25, -0.2) is 0 Å². The van der Waals surface area contributed by atoms with Crippen molar-refractivity contribution in [3.8, 4) is 17.0 Å². The maximum atomic E-state index is 11.4. The van der Waals surface area contributed by atoms with Gasteiger partial charge in [0.15, 0.2) is 0 Å². The van der Waals surface area contributed by atoms with Crippen molar-refractivity contribution >= 4 is 22.8 Å². The van der Waals surface area contributed by atoms with Gasteiger partial charge in [-0.15, -0.1) is 0 Å². The summed E-state index contributed by atoms with van der Waals surface area (Å²) in [5.41, 5.74) is 10.6. The van der Waals surface area contributed by atoms with Gasteiger partial charge in [-0.3, -0.25) is 14.8 Å². The molecule has 122 valence electrons. The van der Waals surface area contributed by atoms with E-state index < -0.39 is 0 Å². The van der Waals surface area contributed by atoms with Crippen LogP contribution in [0.2, 0.25) is 0 Å². The zero-order chi connectivity index (χ0) is 17.3. The van der Waals surface area contributed by atoms with E-state index in [-0.39, 0.29) is 5.56 Å². The van der Waals surface area contributed by atoms with Crippen molar-refractivity contribution in [2.45, 2.75) is 6.92 Å². The summed E-state index contributed by atoms with van der Waals surface area (Å²) in [5, 5.41) is 0.891. The van der Waals surface area contributed by atoms with Crippen LogP contribution < -0.4 is 16.0 Å². The molecule has 1 aromatic carbocycles. The first kappa shape index (κ1) is 15.7. The number of benzene rings is 1. The molecule has 0 atom stereocenters. The Labute approximate surface area is 139 Å². The minimum absolute atomic E-state index is 0.153. The van der Waals surface area contributed by atoms with Gasteiger partial charge < -0.3 is 15.5 Å². The number of ether oxygens (including phenoxy) is 1. The number of aromatic nitrogens is 2. The lowest BCUT2D eigenvalue weighted by atomic mass is 9.99. The van der Waals surface area contributed by atoms with E-state index in [0.717, 1.165) is 27.8 Å². The molecule has 0 spiro atoms. The predicted octanol–water partition coefficient (Wildman–Crippen LogP) is 2.54. The Bertz CT molecular complexity index is 1010. The molecule has 0 radical (unpaired) electrons. The summed E-state index contributed by atoms with van der Waals surface area (Å²) in [4.78, 5) is 22.7. The summed E-state index contributed by atoms with van der Waals surface area (Å²) < 4.78 is 5.55. The Balaban J connectivity index is 2.28. The van der Waals surface area contributed by atoms with E-state index >= 15 is 0 Å². The number of fused-ring (bicyclic) bond motifs is 1. The van der Waals surface area contributed by atoms with Crippen LogP contribution in [0, 0.1) is 6.92 Å². The van der Waals surface area contributed by atoms with Gasteiger partial charge in [0.25, 0.3) is 0 Å². The third-order valence-corrected chi connectivity index (χ3v) is 3.96. The number of rotatable bonds is 3. The van der Waals surface area contributed by atoms with Crippen molar-refractivity contribution in [1.29, 1.82) is 0 Å². The van der Waals surface area contributed by atoms with Crippen LogP contribution in [0.25, 0.3) is 22.2 Å². The molecule has 0 unspecified atom stereocenters. The van der Waals surface area contributed by atoms with Crippen molar-refractivity contribution in [1.82, 2.24) is 9.97 Å². The van der Waals surface area contributed by atoms with E-state index in [2.05, 4.69) is 15.0 Å². The number of pyridine rings is 2. The van der Waals surface area contributed by atoms with Crippen molar-refractivity contribution < 1.29 is 4.74 Å². The molecule has 0 fully saturated rings. The molecule has 24 heavy (non-hydrogen) atoms. The van der Waals surface area contributed by atoms with Gasteiger partial charge in [0.05, 0.1) is 24.5 Å². The van der Waals surface area contributed by atoms with Crippen LogP contribution in [0.4, 0.5) is 5.69 Å². The Morgan fingerprint density at radius 3 is 2.83 bits per heavy atom. The fourth-order valence-corrected chi connectivity index (χ4v) is 2.74. The highest BCUT2D eigenvalue weighted by atomic mass is 16.5. The molecule has 0 aliphatic heterocycles. The summed E-state index contributed by atoms with van der Waals surface area (Å²) in [5.74, 6) is 0.678. The molecule has 0 bridgehead atoms. The predicted molar refractivity (Wildman–Crippen MR) is 97.0 cm³/mol. The highest BCUT2D eigenvalue weighted by molar-refractivity contribution is 5.93. The lowest BCUT2D eigenvalue weighted by Crippen LogP contribution is -2.04. The number of aromatic amines is 1. The highest BCUT2D eigenvalue weighted by Gasteiger charge is 2.16. The fourth-order valence-electron chi connectivity index (χ4n) is 2.74. The molecule has 6 nitrogen and oxygen atoms in total. The largest absolute Gasteiger partial charge is 0.496 e. The van der Waals surface area contributed by atoms with Gasteiger partial charge in [0, 0.05) is 47.1 Å². The number of anilines is 1. The fraction of sp³-hybridized carbons (Fsp3) is 0.167. The SMILES string of the molecule is CN=Cc1cc(-c2cc3ccc(=O)[nH]c3cn2)c(OC)c(C)c1N. The number of nitrogens with zero attached hydrogens (tertiary/aromatic N) is 2. The van der Waals surface area contributed by atoms with Crippen LogP contribution in [0.1, 0.15) is 11.1 Å². The van der Waals surface area contributed by atoms with Gasteiger partial charge in [0.2, 0.25) is 5.56 Å². The Hall–Kier alpha value is -3.15. The first-order valence-corrected chi connectivity index (χ1v) is 7.44. The van der Waals surface area contributed by atoms with Gasteiger partial charge in [-0.2, -0.15) is 0 Å². The number of hydrogen-bond acceptors (Lipinski definition) is 5. The third-order valence-electron chi connectivity index (χ3n) is 3.96. The van der Waals surface area contributed by atoms with Crippen LogP contribution in [0.3, 0.4) is 0 Å². The molecular weight excluding hydrogens is 304 g/mol. The van der Waals surface area contributed by atoms with Crippen molar-refractivity contribution in [3.05, 3.63) is 51.9 Å². The Kier molecular flexibility index (Phi) is 4.04. The average Bonchev–Trinajstić information content (AvgIpc) is 2.58. The average molecular weight is 322 g/mol. The number of nitrogens with one attached hydrogen (secondary N) is 1. The zero-order valence-electron chi connectivity index (χ0n) is 13.8. The molecule has 0 amide bonds. The molecule has 3 aromatic rings. The standard InChI is InChI=1S/C18H18N4O2/c1-10-17(19)12(8-20-2)6-13(18(10)24-3)14-7-11-4-5-16(23)22-15(11)9-21-14/h4-9H,19H2,1-3H3,(H,22,23). The topological polar surface area (TPSA) is 93.4 Å². The Morgan fingerprint density at radius 1 is 1.33 bits per heavy atom. The maximum Gasteiger partial charge on any atom is 0.248 e. The lowest BCUT2D eigenvalue weighted by molar-refractivity contribution is 0.413. The first-order chi connectivity index (χ1) is 11.5. The molecule has 3 N–H and O–H groups in total. The van der Waals surface area contributed by atoms with E-state index in [1.165, 1.54) is 6.07 Å². The van der Waals surface area contributed by atoms with Crippen molar-refractivity contribution in [2.75, 3.05) is 19.9 Å². The Morgan fingerprint density at radius 2 is 2.12 bits per heavy atom. The van der Waals surface area contributed by atoms with Crippen molar-refractivity contribution in [2.24, 2.45) is 4.99 Å². The summed E-state index contributed by atoms with van der Waals surface area (Å²) in [7, 11) is 3.31. The number of methoxy groups -OCH3 is 1. The zero-order valence-corrected chi connectivity index (χ0v) is 13.8. The van der Waals surface area contributed by atoms with E-state index in [1.54, 1.807) is 32.6 Å². The molecule has 3 rings (SSSR count). The minimum atomic E-state index is -0.153. The van der Waals surface area contributed by atoms with E-state index in [4.69, 9.17) is 10.5 Å². The summed E-state index contributed by atoms with van der Waals surface area (Å²) in [6.07, 6.45) is 3.36. The lowest BCUT2D eigenvalue weighted by Gasteiger charge is -2.15. The van der Waals surface area contributed by atoms with Gasteiger partial charge in [-0.1, -0.05) is 0 Å². The van der Waals surface area contributed by atoms with E-state index in [0.29, 0.717) is 17.0 Å². The van der Waals surface area contributed by atoms with Crippen LogP contribution in [0.5, 0.6) is 5.75 Å². The molecule has 0 aliphatic rings. The number of nitrogens with two attached hydrogens (primary N) is 1. The molecule has 0 saturated heterocycles. The number of nitrogen functional groups attached to an aromatic ring is 1. The maximum absolute atomic E-state index is 11.4. The van der Waals surface area contributed by atoms with Gasteiger partial charge >= 0.3 is 0 Å². The number of hydrogen-bond donors (Lipinski definition) is 2. The smallest absolute Gasteiger partial charge is 0.248 e. The summed E-state index contributed by atoms with van der Waals surface area (Å²) in [6.45, 7) is 1.91. The normalized spacial score (nSPS) is 11.3. The van der Waals surface area contributed by atoms with Crippen LogP contribution in [-0.4, -0.2) is 30.3 Å². The molecule has 0 aliphatic carbocycles. The van der Waals surface area contributed by atoms with Crippen molar-refractivity contribution in [3.63, 3.8) is 0 Å². The third kappa shape index (κ3) is 2.62. The number of aliphatic imine (C=N–C) groups is 1. The monoisotopic (exact) mass is 322 g/mol. The number of H-pyrrole nitrogens is 1. The minimum Gasteiger partial charge on any atom is -0.496 e. The quantitative estimate of drug-likeness (QED) is 0.572. The summed E-state index contributed by atoms with van der Waals surface area (Å²) >= 11 is 0. The van der Waals surface area contributed by atoms with Crippen LogP contribution >= 0.6 is 0 Å².